The number of hydrogen-bond acceptors (Lipinski definition) is 4. The van der Waals surface area contributed by atoms with E-state index in [0.29, 0.717) is 19.6 Å². The number of nitrogens with zero attached hydrogens (tertiary/aromatic N) is 3. The number of ether oxygens (including phenoxy) is 1. The molecule has 1 atom stereocenters. The van der Waals surface area contributed by atoms with Gasteiger partial charge in [-0.25, -0.2) is 9.78 Å². The van der Waals surface area contributed by atoms with Gasteiger partial charge in [0, 0.05) is 26.2 Å². The molecule has 1 unspecified atom stereocenters. The third kappa shape index (κ3) is 5.24. The lowest BCUT2D eigenvalue weighted by atomic mass is 9.97. The van der Waals surface area contributed by atoms with E-state index >= 15 is 0 Å². The van der Waals surface area contributed by atoms with E-state index in [2.05, 4.69) is 14.9 Å². The highest BCUT2D eigenvalue weighted by molar-refractivity contribution is 5.80. The highest BCUT2D eigenvalue weighted by atomic mass is 16.6. The third-order valence-electron chi connectivity index (χ3n) is 4.85. The lowest BCUT2D eigenvalue weighted by Gasteiger charge is -2.33. The van der Waals surface area contributed by atoms with Gasteiger partial charge >= 0.3 is 6.09 Å². The van der Waals surface area contributed by atoms with Crippen LogP contribution in [0.1, 0.15) is 40.0 Å². The Morgan fingerprint density at radius 2 is 2.07 bits per heavy atom. The van der Waals surface area contributed by atoms with E-state index in [4.69, 9.17) is 4.74 Å². The number of fused-ring (bicyclic) bond motifs is 1. The maximum Gasteiger partial charge on any atom is 0.410 e. The lowest BCUT2D eigenvalue weighted by molar-refractivity contribution is -0.126. The standard InChI is InChI=1S/C21H30N4O3/c1-21(2,3)28-20(27)24-12-6-8-16(14-24)19(26)22-11-7-13-25-15-23-17-9-4-5-10-18(17)25/h4-5,9-10,15-16H,6-8,11-14H2,1-3H3,(H,22,26). The monoisotopic (exact) mass is 386 g/mol. The summed E-state index contributed by atoms with van der Waals surface area (Å²) in [6.07, 6.45) is 3.95. The zero-order chi connectivity index (χ0) is 20.1. The first kappa shape index (κ1) is 20.2. The van der Waals surface area contributed by atoms with E-state index in [1.54, 1.807) is 4.90 Å². The maximum atomic E-state index is 12.5. The average Bonchev–Trinajstić information content (AvgIpc) is 3.07. The number of aromatic nitrogens is 2. The summed E-state index contributed by atoms with van der Waals surface area (Å²) >= 11 is 0. The van der Waals surface area contributed by atoms with Crippen LogP contribution in [-0.4, -0.2) is 51.7 Å². The summed E-state index contributed by atoms with van der Waals surface area (Å²) in [5.74, 6) is -0.154. The number of para-hydroxylation sites is 2. The Morgan fingerprint density at radius 1 is 1.29 bits per heavy atom. The predicted octanol–water partition coefficient (Wildman–Crippen LogP) is 3.19. The van der Waals surface area contributed by atoms with E-state index in [1.165, 1.54) is 0 Å². The minimum Gasteiger partial charge on any atom is -0.444 e. The molecule has 3 rings (SSSR count). The third-order valence-corrected chi connectivity index (χ3v) is 4.85. The smallest absolute Gasteiger partial charge is 0.410 e. The lowest BCUT2D eigenvalue weighted by Crippen LogP contribution is -2.47. The number of imidazole rings is 1. The van der Waals surface area contributed by atoms with E-state index in [-0.39, 0.29) is 17.9 Å². The number of carbonyl (C=O) groups excluding carboxylic acids is 2. The van der Waals surface area contributed by atoms with Crippen molar-refractivity contribution in [2.75, 3.05) is 19.6 Å². The molecule has 0 bridgehead atoms. The van der Waals surface area contributed by atoms with Crippen LogP contribution in [0.25, 0.3) is 11.0 Å². The highest BCUT2D eigenvalue weighted by Gasteiger charge is 2.30. The van der Waals surface area contributed by atoms with Crippen molar-refractivity contribution in [3.05, 3.63) is 30.6 Å². The number of benzene rings is 1. The molecule has 1 aromatic carbocycles. The number of hydrogen-bond donors (Lipinski definition) is 1. The number of carbonyl (C=O) groups is 2. The molecule has 0 radical (unpaired) electrons. The number of likely N-dealkylation sites (tertiary alicyclic amines) is 1. The van der Waals surface area contributed by atoms with Gasteiger partial charge in [-0.3, -0.25) is 4.79 Å². The second-order valence-electron chi connectivity index (χ2n) is 8.34. The fraction of sp³-hybridized carbons (Fsp3) is 0.571. The molecule has 2 heterocycles. The Hall–Kier alpha value is -2.57. The first-order chi connectivity index (χ1) is 13.3. The molecule has 152 valence electrons. The molecule has 7 nitrogen and oxygen atoms in total. The molecule has 1 saturated heterocycles. The van der Waals surface area contributed by atoms with Gasteiger partial charge in [-0.15, -0.1) is 0 Å². The molecular formula is C21H30N4O3. The molecule has 7 heteroatoms. The summed E-state index contributed by atoms with van der Waals surface area (Å²) in [6, 6.07) is 8.02. The summed E-state index contributed by atoms with van der Waals surface area (Å²) in [4.78, 5) is 30.8. The van der Waals surface area contributed by atoms with E-state index in [9.17, 15) is 9.59 Å². The van der Waals surface area contributed by atoms with Gasteiger partial charge in [0.15, 0.2) is 0 Å². The second kappa shape index (κ2) is 8.63. The van der Waals surface area contributed by atoms with Crippen molar-refractivity contribution in [1.29, 1.82) is 0 Å². The van der Waals surface area contributed by atoms with Crippen LogP contribution in [0.3, 0.4) is 0 Å². The number of aryl methyl sites for hydroxylation is 1. The molecular weight excluding hydrogens is 356 g/mol. The summed E-state index contributed by atoms with van der Waals surface area (Å²) in [6.45, 7) is 8.02. The fourth-order valence-electron chi connectivity index (χ4n) is 3.48. The van der Waals surface area contributed by atoms with Gasteiger partial charge < -0.3 is 19.5 Å². The topological polar surface area (TPSA) is 76.5 Å². The first-order valence-corrected chi connectivity index (χ1v) is 9.99. The van der Waals surface area contributed by atoms with Gasteiger partial charge in [0.1, 0.15) is 5.60 Å². The summed E-state index contributed by atoms with van der Waals surface area (Å²) < 4.78 is 7.53. The van der Waals surface area contributed by atoms with Crippen molar-refractivity contribution in [3.8, 4) is 0 Å². The number of amides is 2. The fourth-order valence-corrected chi connectivity index (χ4v) is 3.48. The van der Waals surface area contributed by atoms with Gasteiger partial charge in [-0.2, -0.15) is 0 Å². The van der Waals surface area contributed by atoms with E-state index in [0.717, 1.165) is 36.8 Å². The molecule has 1 aliphatic rings. The van der Waals surface area contributed by atoms with Crippen LogP contribution in [0, 0.1) is 5.92 Å². The van der Waals surface area contributed by atoms with Crippen molar-refractivity contribution in [2.45, 2.75) is 52.2 Å². The van der Waals surface area contributed by atoms with Crippen LogP contribution in [0.2, 0.25) is 0 Å². The SMILES string of the molecule is CC(C)(C)OC(=O)N1CCCC(C(=O)NCCCn2cnc3ccccc32)C1. The predicted molar refractivity (Wildman–Crippen MR) is 108 cm³/mol. The quantitative estimate of drug-likeness (QED) is 0.801. The number of rotatable bonds is 5. The Kier molecular flexibility index (Phi) is 6.21. The molecule has 1 fully saturated rings. The van der Waals surface area contributed by atoms with Gasteiger partial charge in [0.05, 0.1) is 23.3 Å². The summed E-state index contributed by atoms with van der Waals surface area (Å²) in [5.41, 5.74) is 1.56. The Morgan fingerprint density at radius 3 is 2.86 bits per heavy atom. The second-order valence-corrected chi connectivity index (χ2v) is 8.34. The molecule has 1 N–H and O–H groups in total. The Balaban J connectivity index is 1.43. The van der Waals surface area contributed by atoms with Crippen molar-refractivity contribution >= 4 is 23.0 Å². The number of piperidine rings is 1. The van der Waals surface area contributed by atoms with Gasteiger partial charge in [0.25, 0.3) is 0 Å². The highest BCUT2D eigenvalue weighted by Crippen LogP contribution is 2.19. The van der Waals surface area contributed by atoms with Crippen LogP contribution in [0.15, 0.2) is 30.6 Å². The van der Waals surface area contributed by atoms with Gasteiger partial charge in [0.2, 0.25) is 5.91 Å². The van der Waals surface area contributed by atoms with Gasteiger partial charge in [-0.1, -0.05) is 12.1 Å². The molecule has 0 aliphatic carbocycles. The molecule has 1 aliphatic heterocycles. The maximum absolute atomic E-state index is 12.5. The van der Waals surface area contributed by atoms with Crippen molar-refractivity contribution < 1.29 is 14.3 Å². The van der Waals surface area contributed by atoms with Crippen LogP contribution in [-0.2, 0) is 16.1 Å². The molecule has 0 spiro atoms. The van der Waals surface area contributed by atoms with Crippen molar-refractivity contribution in [2.24, 2.45) is 5.92 Å². The zero-order valence-electron chi connectivity index (χ0n) is 17.0. The minimum absolute atomic E-state index is 0.0174. The van der Waals surface area contributed by atoms with E-state index in [1.807, 2.05) is 51.4 Å². The van der Waals surface area contributed by atoms with Crippen LogP contribution in [0.5, 0.6) is 0 Å². The number of nitrogens with one attached hydrogen (secondary N) is 1. The van der Waals surface area contributed by atoms with E-state index < -0.39 is 5.60 Å². The van der Waals surface area contributed by atoms with Crippen LogP contribution in [0.4, 0.5) is 4.79 Å². The largest absolute Gasteiger partial charge is 0.444 e. The molecule has 0 saturated carbocycles. The molecule has 1 aromatic heterocycles. The average molecular weight is 386 g/mol. The Labute approximate surface area is 166 Å². The molecule has 28 heavy (non-hydrogen) atoms. The molecule has 2 amide bonds. The summed E-state index contributed by atoms with van der Waals surface area (Å²) in [7, 11) is 0. The normalized spacial score (nSPS) is 17.5. The van der Waals surface area contributed by atoms with Crippen molar-refractivity contribution in [1.82, 2.24) is 19.8 Å². The minimum atomic E-state index is -0.524. The zero-order valence-corrected chi connectivity index (χ0v) is 17.0. The van der Waals surface area contributed by atoms with Gasteiger partial charge in [-0.05, 0) is 52.2 Å². The molecule has 2 aromatic rings. The van der Waals surface area contributed by atoms with Crippen LogP contribution >= 0.6 is 0 Å². The van der Waals surface area contributed by atoms with Crippen LogP contribution < -0.4 is 5.32 Å². The Bertz CT molecular complexity index is 824. The first-order valence-electron chi connectivity index (χ1n) is 9.99. The summed E-state index contributed by atoms with van der Waals surface area (Å²) in [5, 5.41) is 3.02. The van der Waals surface area contributed by atoms with Crippen molar-refractivity contribution in [3.63, 3.8) is 0 Å².